The van der Waals surface area contributed by atoms with Crippen molar-refractivity contribution in [2.45, 2.75) is 20.8 Å². The van der Waals surface area contributed by atoms with Gasteiger partial charge in [-0.15, -0.1) is 0 Å². The number of hydrogen-bond donors (Lipinski definition) is 0. The van der Waals surface area contributed by atoms with Crippen molar-refractivity contribution in [2.75, 3.05) is 33.4 Å². The van der Waals surface area contributed by atoms with Gasteiger partial charge in [0, 0.05) is 12.6 Å². The number of carbonyl (C=O) groups excluding carboxylic acids is 1. The van der Waals surface area contributed by atoms with Gasteiger partial charge in [0.05, 0.1) is 25.9 Å². The average Bonchev–Trinajstić information content (AvgIpc) is 2.50. The highest BCUT2D eigenvalue weighted by atomic mass is 16.5. The van der Waals surface area contributed by atoms with Crippen molar-refractivity contribution in [2.24, 2.45) is 0 Å². The maximum absolute atomic E-state index is 12.3. The van der Waals surface area contributed by atoms with Crippen molar-refractivity contribution in [1.82, 2.24) is 4.90 Å². The normalized spacial score (nSPS) is 9.77. The molecule has 0 radical (unpaired) electrons. The summed E-state index contributed by atoms with van der Waals surface area (Å²) < 4.78 is 16.7. The van der Waals surface area contributed by atoms with Crippen LogP contribution >= 0.6 is 0 Å². The highest BCUT2D eigenvalue weighted by Crippen LogP contribution is 2.39. The zero-order valence-electron chi connectivity index (χ0n) is 13.5. The largest absolute Gasteiger partial charge is 0.490 e. The molecule has 1 aromatic rings. The Bertz CT molecular complexity index is 525. The van der Waals surface area contributed by atoms with Crippen molar-refractivity contribution >= 4 is 5.91 Å². The predicted octanol–water partition coefficient (Wildman–Crippen LogP) is 2.48. The number of nitriles is 1. The molecule has 0 aromatic heterocycles. The second-order valence-corrected chi connectivity index (χ2v) is 4.42. The molecule has 0 aliphatic rings. The minimum Gasteiger partial charge on any atom is -0.490 e. The van der Waals surface area contributed by atoms with Crippen molar-refractivity contribution in [3.05, 3.63) is 17.7 Å². The van der Waals surface area contributed by atoms with E-state index >= 15 is 0 Å². The Morgan fingerprint density at radius 3 is 2.00 bits per heavy atom. The molecule has 0 saturated carbocycles. The molecule has 0 spiro atoms. The monoisotopic (exact) mass is 306 g/mol. The van der Waals surface area contributed by atoms with Gasteiger partial charge in [-0.25, -0.2) is 0 Å². The summed E-state index contributed by atoms with van der Waals surface area (Å²) in [6.45, 7) is 6.93. The topological polar surface area (TPSA) is 71.8 Å². The summed E-state index contributed by atoms with van der Waals surface area (Å²) in [5.41, 5.74) is 0.396. The molecule has 120 valence electrons. The van der Waals surface area contributed by atoms with Crippen LogP contribution < -0.4 is 14.2 Å². The molecule has 0 aliphatic carbocycles. The number of rotatable bonds is 8. The van der Waals surface area contributed by atoms with Gasteiger partial charge >= 0.3 is 0 Å². The number of benzene rings is 1. The molecule has 0 bridgehead atoms. The summed E-state index contributed by atoms with van der Waals surface area (Å²) in [7, 11) is 1.57. The van der Waals surface area contributed by atoms with E-state index < -0.39 is 0 Å². The van der Waals surface area contributed by atoms with E-state index in [4.69, 9.17) is 19.5 Å². The summed E-state index contributed by atoms with van der Waals surface area (Å²) in [5.74, 6) is 1.14. The first kappa shape index (κ1) is 17.6. The Labute approximate surface area is 131 Å². The van der Waals surface area contributed by atoms with E-state index in [1.807, 2.05) is 26.8 Å². The lowest BCUT2D eigenvalue weighted by molar-refractivity contribution is 0.0811. The number of hydrogen-bond acceptors (Lipinski definition) is 5. The summed E-state index contributed by atoms with van der Waals surface area (Å²) >= 11 is 0. The van der Waals surface area contributed by atoms with Crippen LogP contribution in [0.2, 0.25) is 0 Å². The van der Waals surface area contributed by atoms with Gasteiger partial charge in [-0.2, -0.15) is 5.26 Å². The van der Waals surface area contributed by atoms with Crippen molar-refractivity contribution in [3.63, 3.8) is 0 Å². The zero-order valence-corrected chi connectivity index (χ0v) is 13.5. The molecule has 6 heteroatoms. The summed E-state index contributed by atoms with van der Waals surface area (Å²) in [5, 5.41) is 8.71. The second kappa shape index (κ2) is 8.78. The van der Waals surface area contributed by atoms with Gasteiger partial charge in [-0.3, -0.25) is 4.79 Å². The third-order valence-corrected chi connectivity index (χ3v) is 2.81. The second-order valence-electron chi connectivity index (χ2n) is 4.42. The quantitative estimate of drug-likeness (QED) is 0.690. The molecule has 1 amide bonds. The fourth-order valence-electron chi connectivity index (χ4n) is 1.91. The molecule has 1 rings (SSSR count). The van der Waals surface area contributed by atoms with Gasteiger partial charge in [0.15, 0.2) is 11.5 Å². The number of carbonyl (C=O) groups is 1. The van der Waals surface area contributed by atoms with Gasteiger partial charge in [-0.05, 0) is 32.9 Å². The molecule has 6 nitrogen and oxygen atoms in total. The fourth-order valence-corrected chi connectivity index (χ4v) is 1.91. The van der Waals surface area contributed by atoms with E-state index in [0.29, 0.717) is 42.6 Å². The molecule has 0 atom stereocenters. The molecule has 0 aliphatic heterocycles. The molecule has 1 aromatic carbocycles. The van der Waals surface area contributed by atoms with E-state index in [9.17, 15) is 4.79 Å². The molecule has 0 N–H and O–H groups in total. The zero-order chi connectivity index (χ0) is 16.5. The number of amides is 1. The maximum atomic E-state index is 12.3. The lowest BCUT2D eigenvalue weighted by atomic mass is 10.1. The van der Waals surface area contributed by atoms with Crippen LogP contribution in [0.5, 0.6) is 17.2 Å². The molecular formula is C16H22N2O4. The molecular weight excluding hydrogens is 284 g/mol. The standard InChI is InChI=1S/C16H22N2O4/c1-5-20-13-10-12(16(19)18(4)9-8-17)11-14(21-6-2)15(13)22-7-3/h10-11H,5-7,9H2,1-4H3. The minimum atomic E-state index is -0.272. The summed E-state index contributed by atoms with van der Waals surface area (Å²) in [4.78, 5) is 13.7. The highest BCUT2D eigenvalue weighted by Gasteiger charge is 2.20. The first-order chi connectivity index (χ1) is 10.6. The Balaban J connectivity index is 3.29. The Morgan fingerprint density at radius 1 is 1.09 bits per heavy atom. The number of nitrogens with zero attached hydrogens (tertiary/aromatic N) is 2. The van der Waals surface area contributed by atoms with E-state index in [-0.39, 0.29) is 12.5 Å². The fraction of sp³-hybridized carbons (Fsp3) is 0.500. The van der Waals surface area contributed by atoms with Crippen molar-refractivity contribution < 1.29 is 19.0 Å². The van der Waals surface area contributed by atoms with Gasteiger partial charge in [0.25, 0.3) is 5.91 Å². The van der Waals surface area contributed by atoms with Gasteiger partial charge in [0.1, 0.15) is 6.54 Å². The SMILES string of the molecule is CCOc1cc(C(=O)N(C)CC#N)cc(OCC)c1OCC. The van der Waals surface area contributed by atoms with Crippen LogP contribution in [0.1, 0.15) is 31.1 Å². The molecule has 22 heavy (non-hydrogen) atoms. The van der Waals surface area contributed by atoms with E-state index in [0.717, 1.165) is 0 Å². The van der Waals surface area contributed by atoms with Crippen LogP contribution in [0.15, 0.2) is 12.1 Å². The summed E-state index contributed by atoms with van der Waals surface area (Å²) in [6.07, 6.45) is 0. The number of ether oxygens (including phenoxy) is 3. The lowest BCUT2D eigenvalue weighted by Crippen LogP contribution is -2.27. The first-order valence-corrected chi connectivity index (χ1v) is 7.27. The van der Waals surface area contributed by atoms with E-state index in [1.165, 1.54) is 4.90 Å². The molecule has 0 fully saturated rings. The van der Waals surface area contributed by atoms with Crippen LogP contribution in [0.25, 0.3) is 0 Å². The Morgan fingerprint density at radius 2 is 1.59 bits per heavy atom. The highest BCUT2D eigenvalue weighted by molar-refractivity contribution is 5.95. The van der Waals surface area contributed by atoms with Crippen LogP contribution in [-0.4, -0.2) is 44.2 Å². The van der Waals surface area contributed by atoms with Crippen LogP contribution in [0.3, 0.4) is 0 Å². The van der Waals surface area contributed by atoms with E-state index in [1.54, 1.807) is 19.2 Å². The molecule has 0 saturated heterocycles. The van der Waals surface area contributed by atoms with Crippen LogP contribution in [-0.2, 0) is 0 Å². The van der Waals surface area contributed by atoms with E-state index in [2.05, 4.69) is 0 Å². The van der Waals surface area contributed by atoms with Gasteiger partial charge in [0.2, 0.25) is 5.75 Å². The molecule has 0 heterocycles. The third-order valence-electron chi connectivity index (χ3n) is 2.81. The van der Waals surface area contributed by atoms with Crippen LogP contribution in [0, 0.1) is 11.3 Å². The predicted molar refractivity (Wildman–Crippen MR) is 82.5 cm³/mol. The minimum absolute atomic E-state index is 0.0139. The van der Waals surface area contributed by atoms with Gasteiger partial charge in [-0.1, -0.05) is 0 Å². The third kappa shape index (κ3) is 4.29. The molecule has 0 unspecified atom stereocenters. The first-order valence-electron chi connectivity index (χ1n) is 7.27. The van der Waals surface area contributed by atoms with Crippen LogP contribution in [0.4, 0.5) is 0 Å². The smallest absolute Gasteiger partial charge is 0.254 e. The average molecular weight is 306 g/mol. The lowest BCUT2D eigenvalue weighted by Gasteiger charge is -2.19. The van der Waals surface area contributed by atoms with Crippen molar-refractivity contribution in [3.8, 4) is 23.3 Å². The Kier molecular flexibility index (Phi) is 7.03. The maximum Gasteiger partial charge on any atom is 0.254 e. The van der Waals surface area contributed by atoms with Gasteiger partial charge < -0.3 is 19.1 Å². The summed E-state index contributed by atoms with van der Waals surface area (Å²) in [6, 6.07) is 5.18. The Hall–Kier alpha value is -2.42. The van der Waals surface area contributed by atoms with Crippen molar-refractivity contribution in [1.29, 1.82) is 5.26 Å².